The van der Waals surface area contributed by atoms with Crippen LogP contribution in [-0.2, 0) is 14.6 Å². The maximum Gasteiger partial charge on any atom is 0.254 e. The lowest BCUT2D eigenvalue weighted by Crippen LogP contribution is -2.45. The van der Waals surface area contributed by atoms with Crippen molar-refractivity contribution >= 4 is 15.7 Å². The van der Waals surface area contributed by atoms with E-state index in [9.17, 15) is 13.2 Å². The topological polar surface area (TPSA) is 72.9 Å². The van der Waals surface area contributed by atoms with Gasteiger partial charge in [0, 0.05) is 24.8 Å². The molecule has 2 aromatic carbocycles. The fourth-order valence-electron chi connectivity index (χ4n) is 3.88. The Kier molecular flexibility index (Phi) is 5.87. The summed E-state index contributed by atoms with van der Waals surface area (Å²) >= 11 is 0. The quantitative estimate of drug-likeness (QED) is 0.724. The fourth-order valence-corrected chi connectivity index (χ4v) is 5.61. The van der Waals surface area contributed by atoms with Gasteiger partial charge in [0.25, 0.3) is 5.91 Å². The summed E-state index contributed by atoms with van der Waals surface area (Å²) in [6.07, 6.45) is 2.33. The summed E-state index contributed by atoms with van der Waals surface area (Å²) in [4.78, 5) is 14.9. The van der Waals surface area contributed by atoms with Crippen LogP contribution in [0.5, 0.6) is 11.5 Å². The van der Waals surface area contributed by atoms with Gasteiger partial charge in [0.15, 0.2) is 9.84 Å². The average molecular weight is 416 g/mol. The third kappa shape index (κ3) is 4.97. The number of sulfone groups is 1. The minimum atomic E-state index is -3.09. The highest BCUT2D eigenvalue weighted by Gasteiger charge is 2.36. The van der Waals surface area contributed by atoms with Gasteiger partial charge in [-0.2, -0.15) is 0 Å². The highest BCUT2D eigenvalue weighted by molar-refractivity contribution is 7.91. The van der Waals surface area contributed by atoms with Crippen LogP contribution in [-0.4, -0.2) is 56.0 Å². The number of carbonyl (C=O) groups is 1. The number of rotatable bonds is 6. The van der Waals surface area contributed by atoms with E-state index in [1.165, 1.54) is 0 Å². The van der Waals surface area contributed by atoms with Gasteiger partial charge in [-0.3, -0.25) is 4.79 Å². The second-order valence-corrected chi connectivity index (χ2v) is 9.82. The Morgan fingerprint density at radius 2 is 1.76 bits per heavy atom. The Morgan fingerprint density at radius 1 is 1.03 bits per heavy atom. The first-order valence-corrected chi connectivity index (χ1v) is 11.8. The van der Waals surface area contributed by atoms with Gasteiger partial charge in [-0.25, -0.2) is 8.42 Å². The van der Waals surface area contributed by atoms with E-state index in [4.69, 9.17) is 9.47 Å². The van der Waals surface area contributed by atoms with E-state index in [0.717, 1.165) is 18.6 Å². The van der Waals surface area contributed by atoms with Crippen LogP contribution in [0.1, 0.15) is 29.6 Å². The minimum Gasteiger partial charge on any atom is -0.457 e. The molecule has 29 heavy (non-hydrogen) atoms. The van der Waals surface area contributed by atoms with Crippen molar-refractivity contribution in [1.29, 1.82) is 0 Å². The molecule has 0 spiro atoms. The largest absolute Gasteiger partial charge is 0.457 e. The van der Waals surface area contributed by atoms with Gasteiger partial charge in [0.1, 0.15) is 11.5 Å². The number of para-hydroxylation sites is 1. The molecule has 0 aromatic heterocycles. The average Bonchev–Trinajstić information content (AvgIpc) is 3.36. The Hall–Kier alpha value is -2.38. The van der Waals surface area contributed by atoms with Crippen LogP contribution in [0.15, 0.2) is 54.6 Å². The molecule has 2 aromatic rings. The van der Waals surface area contributed by atoms with E-state index >= 15 is 0 Å². The first kappa shape index (κ1) is 19.9. The van der Waals surface area contributed by atoms with E-state index in [1.54, 1.807) is 29.2 Å². The second-order valence-electron chi connectivity index (χ2n) is 7.59. The molecule has 0 N–H and O–H groups in total. The Bertz CT molecular complexity index is 937. The summed E-state index contributed by atoms with van der Waals surface area (Å²) in [7, 11) is -3.09. The maximum absolute atomic E-state index is 13.2. The SMILES string of the molecule is O=C(c1ccc(Oc2ccccc2)cc1)N(C[C@H]1CCCO1)[C@@H]1CCS(=O)(=O)C1. The summed E-state index contributed by atoms with van der Waals surface area (Å²) < 4.78 is 35.4. The standard InChI is InChI=1S/C22H25NO5S/c24-22(17-8-10-20(11-9-17)28-19-5-2-1-3-6-19)23(15-21-7-4-13-27-21)18-12-14-29(25,26)16-18/h1-3,5-6,8-11,18,21H,4,7,12-16H2/t18-,21-/m1/s1. The molecular formula is C22H25NO5S. The van der Waals surface area contributed by atoms with Gasteiger partial charge in [-0.05, 0) is 55.7 Å². The van der Waals surface area contributed by atoms with Gasteiger partial charge in [0.2, 0.25) is 0 Å². The van der Waals surface area contributed by atoms with Crippen molar-refractivity contribution in [3.63, 3.8) is 0 Å². The normalized spacial score (nSPS) is 23.0. The van der Waals surface area contributed by atoms with Crippen LogP contribution < -0.4 is 4.74 Å². The fraction of sp³-hybridized carbons (Fsp3) is 0.409. The van der Waals surface area contributed by atoms with Crippen LogP contribution in [0, 0.1) is 0 Å². The predicted octanol–water partition coefficient (Wildman–Crippen LogP) is 3.29. The first-order valence-electron chi connectivity index (χ1n) is 9.96. The zero-order valence-corrected chi connectivity index (χ0v) is 17.0. The van der Waals surface area contributed by atoms with Crippen LogP contribution in [0.2, 0.25) is 0 Å². The highest BCUT2D eigenvalue weighted by Crippen LogP contribution is 2.25. The van der Waals surface area contributed by atoms with Crippen LogP contribution in [0.25, 0.3) is 0 Å². The molecule has 154 valence electrons. The molecule has 0 aliphatic carbocycles. The molecule has 2 aliphatic heterocycles. The summed E-state index contributed by atoms with van der Waals surface area (Å²) in [5, 5.41) is 0. The van der Waals surface area contributed by atoms with E-state index in [1.807, 2.05) is 30.3 Å². The molecule has 1 amide bonds. The summed E-state index contributed by atoms with van der Waals surface area (Å²) in [6, 6.07) is 16.1. The van der Waals surface area contributed by atoms with Crippen LogP contribution >= 0.6 is 0 Å². The first-order chi connectivity index (χ1) is 14.0. The Balaban J connectivity index is 1.50. The molecule has 4 rings (SSSR count). The van der Waals surface area contributed by atoms with Crippen molar-refractivity contribution in [3.8, 4) is 11.5 Å². The zero-order chi connectivity index (χ0) is 20.3. The van der Waals surface area contributed by atoms with E-state index in [0.29, 0.717) is 30.9 Å². The zero-order valence-electron chi connectivity index (χ0n) is 16.2. The van der Waals surface area contributed by atoms with E-state index in [-0.39, 0.29) is 29.6 Å². The van der Waals surface area contributed by atoms with Crippen LogP contribution in [0.3, 0.4) is 0 Å². The van der Waals surface area contributed by atoms with Crippen LogP contribution in [0.4, 0.5) is 0 Å². The smallest absolute Gasteiger partial charge is 0.254 e. The number of carbonyl (C=O) groups excluding carboxylic acids is 1. The third-order valence-electron chi connectivity index (χ3n) is 5.41. The number of benzene rings is 2. The van der Waals surface area contributed by atoms with E-state index in [2.05, 4.69) is 0 Å². The number of ether oxygens (including phenoxy) is 2. The molecule has 0 saturated carbocycles. The lowest BCUT2D eigenvalue weighted by atomic mass is 10.1. The molecule has 0 bridgehead atoms. The van der Waals surface area contributed by atoms with Crippen molar-refractivity contribution in [2.75, 3.05) is 24.7 Å². The minimum absolute atomic E-state index is 0.0251. The van der Waals surface area contributed by atoms with Crippen molar-refractivity contribution in [2.45, 2.75) is 31.4 Å². The van der Waals surface area contributed by atoms with Gasteiger partial charge in [-0.15, -0.1) is 0 Å². The second kappa shape index (κ2) is 8.55. The number of amides is 1. The van der Waals surface area contributed by atoms with Crippen molar-refractivity contribution in [2.24, 2.45) is 0 Å². The molecule has 2 fully saturated rings. The lowest BCUT2D eigenvalue weighted by Gasteiger charge is -2.30. The molecule has 0 radical (unpaired) electrons. The van der Waals surface area contributed by atoms with Crippen molar-refractivity contribution in [1.82, 2.24) is 4.90 Å². The number of hydrogen-bond donors (Lipinski definition) is 0. The molecule has 2 heterocycles. The van der Waals surface area contributed by atoms with E-state index < -0.39 is 9.84 Å². The molecule has 2 atom stereocenters. The van der Waals surface area contributed by atoms with Crippen molar-refractivity contribution in [3.05, 3.63) is 60.2 Å². The molecular weight excluding hydrogens is 390 g/mol. The van der Waals surface area contributed by atoms with Crippen molar-refractivity contribution < 1.29 is 22.7 Å². The molecule has 7 heteroatoms. The van der Waals surface area contributed by atoms with Gasteiger partial charge < -0.3 is 14.4 Å². The van der Waals surface area contributed by atoms with Gasteiger partial charge in [0.05, 0.1) is 17.6 Å². The summed E-state index contributed by atoms with van der Waals surface area (Å²) in [5.74, 6) is 1.37. The Labute approximate surface area is 171 Å². The number of hydrogen-bond acceptors (Lipinski definition) is 5. The molecule has 0 unspecified atom stereocenters. The molecule has 6 nitrogen and oxygen atoms in total. The highest BCUT2D eigenvalue weighted by atomic mass is 32.2. The molecule has 2 aliphatic rings. The maximum atomic E-state index is 13.2. The predicted molar refractivity (Wildman–Crippen MR) is 110 cm³/mol. The van der Waals surface area contributed by atoms with Gasteiger partial charge >= 0.3 is 0 Å². The summed E-state index contributed by atoms with van der Waals surface area (Å²) in [6.45, 7) is 1.13. The summed E-state index contributed by atoms with van der Waals surface area (Å²) in [5.41, 5.74) is 0.521. The number of nitrogens with zero attached hydrogens (tertiary/aromatic N) is 1. The lowest BCUT2D eigenvalue weighted by molar-refractivity contribution is 0.0441. The third-order valence-corrected chi connectivity index (χ3v) is 7.16. The Morgan fingerprint density at radius 3 is 2.38 bits per heavy atom. The molecule has 2 saturated heterocycles. The monoisotopic (exact) mass is 415 g/mol. The van der Waals surface area contributed by atoms with Gasteiger partial charge in [-0.1, -0.05) is 18.2 Å².